The van der Waals surface area contributed by atoms with Crippen molar-refractivity contribution in [3.63, 3.8) is 0 Å². The SMILES string of the molecule is c1ccc(-c2cccc(-c3ccccc3)c2-c2ccnc(-n3c4ccccc4c4ccc(Sc5cccc(-n6[cH+]n(-c7ccccc7)c7ccccc76)c5)cc43)c2)cc1. The maximum absolute atomic E-state index is 5.07. The fourth-order valence-corrected chi connectivity index (χ4v) is 9.39. The lowest BCUT2D eigenvalue weighted by Crippen LogP contribution is -1.99. The third kappa shape index (κ3) is 6.29. The molecule has 59 heavy (non-hydrogen) atoms. The highest BCUT2D eigenvalue weighted by Gasteiger charge is 2.20. The number of nitrogens with zero attached hydrogens (tertiary/aromatic N) is 4. The van der Waals surface area contributed by atoms with E-state index in [9.17, 15) is 0 Å². The minimum Gasteiger partial charge on any atom is -0.294 e. The predicted octanol–water partition coefficient (Wildman–Crippen LogP) is 14.3. The molecule has 0 fully saturated rings. The van der Waals surface area contributed by atoms with Crippen LogP contribution >= 0.6 is 11.8 Å². The quantitative estimate of drug-likeness (QED) is 0.144. The summed E-state index contributed by atoms with van der Waals surface area (Å²) in [6.45, 7) is 0. The number of benzene rings is 8. The topological polar surface area (TPSA) is 27.7 Å². The van der Waals surface area contributed by atoms with E-state index in [1.807, 2.05) is 6.20 Å². The molecule has 278 valence electrons. The maximum Gasteiger partial charge on any atom is 0.168 e. The Balaban J connectivity index is 1.02. The first-order valence-electron chi connectivity index (χ1n) is 19.9. The van der Waals surface area contributed by atoms with Crippen molar-refractivity contribution in [2.45, 2.75) is 9.79 Å². The van der Waals surface area contributed by atoms with Crippen molar-refractivity contribution in [2.24, 2.45) is 0 Å². The van der Waals surface area contributed by atoms with Crippen LogP contribution < -0.4 is 0 Å². The van der Waals surface area contributed by atoms with Gasteiger partial charge in [-0.1, -0.05) is 151 Å². The van der Waals surface area contributed by atoms with Gasteiger partial charge in [-0.05, 0) is 88.0 Å². The highest BCUT2D eigenvalue weighted by atomic mass is 32.2. The van der Waals surface area contributed by atoms with Crippen LogP contribution in [0.2, 0.25) is 0 Å². The van der Waals surface area contributed by atoms with E-state index in [0.29, 0.717) is 0 Å². The molecule has 0 aliphatic rings. The molecule has 0 aliphatic carbocycles. The van der Waals surface area contributed by atoms with Crippen molar-refractivity contribution < 1.29 is 0 Å². The summed E-state index contributed by atoms with van der Waals surface area (Å²) < 4.78 is 6.87. The number of imidazole rings is 1. The van der Waals surface area contributed by atoms with Gasteiger partial charge in [-0.15, -0.1) is 0 Å². The van der Waals surface area contributed by atoms with Crippen molar-refractivity contribution in [1.29, 1.82) is 0 Å². The summed E-state index contributed by atoms with van der Waals surface area (Å²) in [7, 11) is 0. The van der Waals surface area contributed by atoms with Crippen LogP contribution in [0.1, 0.15) is 0 Å². The fraction of sp³-hybridized carbons (Fsp3) is 0. The second-order valence-electron chi connectivity index (χ2n) is 14.7. The molecule has 0 unspecified atom stereocenters. The third-order valence-corrected chi connectivity index (χ3v) is 12.1. The number of para-hydroxylation sites is 4. The van der Waals surface area contributed by atoms with Crippen molar-refractivity contribution in [3.05, 3.63) is 225 Å². The van der Waals surface area contributed by atoms with Crippen LogP contribution in [0.25, 0.3) is 83.4 Å². The molecular formula is C54H37N4S+. The van der Waals surface area contributed by atoms with Gasteiger partial charge in [-0.25, -0.2) is 4.98 Å². The Morgan fingerprint density at radius 1 is 0.390 bits per heavy atom. The second kappa shape index (κ2) is 14.8. The van der Waals surface area contributed by atoms with E-state index in [0.717, 1.165) is 49.7 Å². The Morgan fingerprint density at radius 2 is 0.949 bits per heavy atom. The fourth-order valence-electron chi connectivity index (χ4n) is 8.48. The van der Waals surface area contributed by atoms with Crippen LogP contribution in [-0.2, 0) is 0 Å². The maximum atomic E-state index is 5.07. The number of rotatable bonds is 8. The van der Waals surface area contributed by atoms with E-state index in [1.54, 1.807) is 11.8 Å². The standard InChI is InChI=1S/C54H37N4S/c1-4-16-38(17-5-1)45-25-15-26-46(39-18-6-2-7-19-39)54(45)40-32-33-55-53(34-40)58-49-27-11-10-24-47(49)48-31-30-44(36-52(48)58)59-43-23-14-22-42(35-43)57-37-56(41-20-8-3-9-21-41)50-28-12-13-29-51(50)57/h1-37H/q+1. The lowest BCUT2D eigenvalue weighted by Gasteiger charge is -2.17. The van der Waals surface area contributed by atoms with Crippen LogP contribution in [0.4, 0.5) is 0 Å². The summed E-state index contributed by atoms with van der Waals surface area (Å²) >= 11 is 1.78. The van der Waals surface area contributed by atoms with E-state index < -0.39 is 0 Å². The molecule has 0 bridgehead atoms. The van der Waals surface area contributed by atoms with E-state index >= 15 is 0 Å². The van der Waals surface area contributed by atoms with Gasteiger partial charge in [0, 0.05) is 45.0 Å². The van der Waals surface area contributed by atoms with Crippen LogP contribution in [-0.4, -0.2) is 18.7 Å². The molecule has 0 aliphatic heterocycles. The number of aromatic nitrogens is 4. The average molecular weight is 774 g/mol. The van der Waals surface area contributed by atoms with Gasteiger partial charge in [-0.2, -0.15) is 9.13 Å². The Bertz CT molecular complexity index is 3240. The first kappa shape index (κ1) is 34.8. The Kier molecular flexibility index (Phi) is 8.72. The van der Waals surface area contributed by atoms with E-state index in [-0.39, 0.29) is 0 Å². The van der Waals surface area contributed by atoms with Crippen LogP contribution in [0.3, 0.4) is 0 Å². The summed E-state index contributed by atoms with van der Waals surface area (Å²) in [5.74, 6) is 0.880. The lowest BCUT2D eigenvalue weighted by atomic mass is 9.88. The Morgan fingerprint density at radius 3 is 1.66 bits per heavy atom. The molecule has 3 heterocycles. The number of hydrogen-bond acceptors (Lipinski definition) is 2. The van der Waals surface area contributed by atoms with Crippen LogP contribution in [0.5, 0.6) is 0 Å². The van der Waals surface area contributed by atoms with Gasteiger partial charge in [0.15, 0.2) is 17.4 Å². The molecule has 3 aromatic heterocycles. The van der Waals surface area contributed by atoms with Gasteiger partial charge in [0.05, 0.1) is 11.0 Å². The molecule has 4 nitrogen and oxygen atoms in total. The molecule has 0 atom stereocenters. The molecule has 0 saturated heterocycles. The van der Waals surface area contributed by atoms with Crippen molar-refractivity contribution in [2.75, 3.05) is 0 Å². The second-order valence-corrected chi connectivity index (χ2v) is 15.8. The molecule has 8 aromatic carbocycles. The zero-order chi connectivity index (χ0) is 39.1. The highest BCUT2D eigenvalue weighted by Crippen LogP contribution is 2.42. The van der Waals surface area contributed by atoms with E-state index in [1.165, 1.54) is 43.5 Å². The minimum absolute atomic E-state index is 0.880. The number of fused-ring (bicyclic) bond motifs is 4. The molecule has 11 aromatic rings. The molecular weight excluding hydrogens is 737 g/mol. The average Bonchev–Trinajstić information content (AvgIpc) is 3.86. The summed E-state index contributed by atoms with van der Waals surface area (Å²) in [5.41, 5.74) is 13.9. The monoisotopic (exact) mass is 773 g/mol. The molecule has 0 spiro atoms. The molecule has 11 rings (SSSR count). The van der Waals surface area contributed by atoms with Crippen LogP contribution in [0.15, 0.2) is 235 Å². The molecule has 0 saturated carbocycles. The predicted molar refractivity (Wildman–Crippen MR) is 246 cm³/mol. The van der Waals surface area contributed by atoms with Crippen molar-refractivity contribution >= 4 is 44.6 Å². The summed E-state index contributed by atoms with van der Waals surface area (Å²) in [5, 5.41) is 2.40. The minimum atomic E-state index is 0.880. The van der Waals surface area contributed by atoms with Gasteiger partial charge in [0.1, 0.15) is 17.2 Å². The third-order valence-electron chi connectivity index (χ3n) is 11.1. The van der Waals surface area contributed by atoms with Crippen molar-refractivity contribution in [3.8, 4) is 50.6 Å². The van der Waals surface area contributed by atoms with Gasteiger partial charge < -0.3 is 0 Å². The van der Waals surface area contributed by atoms with Gasteiger partial charge >= 0.3 is 0 Å². The lowest BCUT2D eigenvalue weighted by molar-refractivity contribution is 1.01. The summed E-state index contributed by atoms with van der Waals surface area (Å²) in [4.78, 5) is 7.40. The zero-order valence-corrected chi connectivity index (χ0v) is 32.9. The number of pyridine rings is 1. The molecule has 5 heteroatoms. The summed E-state index contributed by atoms with van der Waals surface area (Å²) in [6, 6.07) is 75.8. The van der Waals surface area contributed by atoms with Gasteiger partial charge in [0.25, 0.3) is 0 Å². The smallest absolute Gasteiger partial charge is 0.168 e. The van der Waals surface area contributed by atoms with Gasteiger partial charge in [0.2, 0.25) is 0 Å². The zero-order valence-electron chi connectivity index (χ0n) is 32.1. The Hall–Kier alpha value is -7.47. The summed E-state index contributed by atoms with van der Waals surface area (Å²) in [6.07, 6.45) is 4.15. The highest BCUT2D eigenvalue weighted by molar-refractivity contribution is 7.99. The normalized spacial score (nSPS) is 11.5. The first-order valence-corrected chi connectivity index (χ1v) is 20.7. The Labute approximate surface area is 346 Å². The van der Waals surface area contributed by atoms with E-state index in [4.69, 9.17) is 4.98 Å². The van der Waals surface area contributed by atoms with Crippen LogP contribution in [0, 0.1) is 0 Å². The first-order chi connectivity index (χ1) is 29.3. The van der Waals surface area contributed by atoms with Gasteiger partial charge in [-0.3, -0.25) is 4.57 Å². The number of hydrogen-bond donors (Lipinski definition) is 0. The van der Waals surface area contributed by atoms with Crippen molar-refractivity contribution in [1.82, 2.24) is 18.7 Å². The molecule has 0 N–H and O–H groups in total. The van der Waals surface area contributed by atoms with E-state index in [2.05, 4.69) is 232 Å². The molecule has 0 radical (unpaired) electrons. The molecule has 0 amide bonds. The largest absolute Gasteiger partial charge is 0.294 e.